The number of nitrogens with zero attached hydrogens (tertiary/aromatic N) is 5. The van der Waals surface area contributed by atoms with Crippen molar-refractivity contribution < 1.29 is 9.53 Å². The Balaban J connectivity index is 2.00. The van der Waals surface area contributed by atoms with Crippen molar-refractivity contribution in [2.24, 2.45) is 5.92 Å². The Morgan fingerprint density at radius 2 is 2.14 bits per heavy atom. The van der Waals surface area contributed by atoms with Gasteiger partial charge in [0.25, 0.3) is 5.78 Å². The van der Waals surface area contributed by atoms with Crippen LogP contribution in [0, 0.1) is 12.8 Å². The molecule has 9 heteroatoms. The topological polar surface area (TPSA) is 94.3 Å². The molecule has 148 valence electrons. The molecule has 28 heavy (non-hydrogen) atoms. The van der Waals surface area contributed by atoms with E-state index in [-0.39, 0.29) is 11.8 Å². The summed E-state index contributed by atoms with van der Waals surface area (Å²) < 4.78 is 7.04. The van der Waals surface area contributed by atoms with E-state index in [1.165, 1.54) is 6.33 Å². The second kappa shape index (κ2) is 8.97. The number of ether oxygens (including phenoxy) is 1. The molecule has 3 heterocycles. The molecule has 0 aliphatic carbocycles. The van der Waals surface area contributed by atoms with Gasteiger partial charge in [-0.2, -0.15) is 10.1 Å². The predicted octanol–water partition coefficient (Wildman–Crippen LogP) is 2.59. The summed E-state index contributed by atoms with van der Waals surface area (Å²) in [6, 6.07) is 5.78. The van der Waals surface area contributed by atoms with E-state index in [0.29, 0.717) is 29.8 Å². The van der Waals surface area contributed by atoms with Crippen molar-refractivity contribution in [2.45, 2.75) is 32.6 Å². The monoisotopic (exact) mass is 402 g/mol. The quantitative estimate of drug-likeness (QED) is 0.336. The number of aryl methyl sites for hydroxylation is 1. The van der Waals surface area contributed by atoms with Crippen LogP contribution in [0.3, 0.4) is 0 Å². The van der Waals surface area contributed by atoms with Gasteiger partial charge in [0.05, 0.1) is 12.8 Å². The molecule has 0 radical (unpaired) electrons. The molecule has 0 spiro atoms. The van der Waals surface area contributed by atoms with Crippen LogP contribution in [0.1, 0.15) is 36.2 Å². The summed E-state index contributed by atoms with van der Waals surface area (Å²) in [6.07, 6.45) is 3.75. The van der Waals surface area contributed by atoms with E-state index in [0.717, 1.165) is 29.8 Å². The highest BCUT2D eigenvalue weighted by atomic mass is 35.5. The summed E-state index contributed by atoms with van der Waals surface area (Å²) in [5.74, 6) is 1.40. The summed E-state index contributed by atoms with van der Waals surface area (Å²) >= 11 is 6.17. The Kier molecular flexibility index (Phi) is 6.41. The molecule has 0 fully saturated rings. The molecule has 2 unspecified atom stereocenters. The maximum atomic E-state index is 10.6. The number of carbonyl (C=O) groups is 1. The molecule has 1 amide bonds. The van der Waals surface area contributed by atoms with Crippen molar-refractivity contribution in [3.8, 4) is 5.88 Å². The first kappa shape index (κ1) is 20.0. The van der Waals surface area contributed by atoms with Crippen LogP contribution in [-0.2, 0) is 11.2 Å². The molecule has 0 aromatic carbocycles. The summed E-state index contributed by atoms with van der Waals surface area (Å²) in [5, 5.41) is 7.49. The van der Waals surface area contributed by atoms with Crippen LogP contribution in [0.4, 0.5) is 0 Å². The maximum absolute atomic E-state index is 10.6. The second-order valence-corrected chi connectivity index (χ2v) is 7.17. The zero-order chi connectivity index (χ0) is 20.1. The number of hydrogen-bond acceptors (Lipinski definition) is 6. The zero-order valence-electron chi connectivity index (χ0n) is 16.1. The smallest absolute Gasteiger partial charge is 0.252 e. The number of amides is 1. The fourth-order valence-electron chi connectivity index (χ4n) is 3.39. The number of hydrogen-bond donors (Lipinski definition) is 1. The highest BCUT2D eigenvalue weighted by molar-refractivity contribution is 6.29. The fourth-order valence-corrected chi connectivity index (χ4v) is 3.61. The lowest BCUT2D eigenvalue weighted by Gasteiger charge is -2.25. The summed E-state index contributed by atoms with van der Waals surface area (Å²) in [6.45, 7) is 4.71. The molecule has 3 rings (SSSR count). The number of pyridine rings is 1. The molecular formula is C19H23ClN6O2. The molecule has 0 saturated heterocycles. The van der Waals surface area contributed by atoms with Gasteiger partial charge in [0, 0.05) is 24.2 Å². The van der Waals surface area contributed by atoms with Gasteiger partial charge in [0.2, 0.25) is 12.3 Å². The lowest BCUT2D eigenvalue weighted by Crippen LogP contribution is -2.22. The van der Waals surface area contributed by atoms with Gasteiger partial charge in [-0.25, -0.2) is 14.5 Å². The van der Waals surface area contributed by atoms with E-state index < -0.39 is 0 Å². The number of aromatic nitrogens is 5. The lowest BCUT2D eigenvalue weighted by molar-refractivity contribution is -0.109. The molecular weight excluding hydrogens is 380 g/mol. The minimum Gasteiger partial charge on any atom is -0.481 e. The van der Waals surface area contributed by atoms with Crippen LogP contribution in [0.25, 0.3) is 5.78 Å². The molecule has 0 aliphatic heterocycles. The third-order valence-corrected chi connectivity index (χ3v) is 4.99. The Morgan fingerprint density at radius 3 is 2.89 bits per heavy atom. The van der Waals surface area contributed by atoms with Gasteiger partial charge in [-0.15, -0.1) is 0 Å². The van der Waals surface area contributed by atoms with Crippen molar-refractivity contribution in [3.63, 3.8) is 0 Å². The van der Waals surface area contributed by atoms with Crippen molar-refractivity contribution in [2.75, 3.05) is 13.7 Å². The highest BCUT2D eigenvalue weighted by Gasteiger charge is 2.24. The first-order chi connectivity index (χ1) is 13.5. The van der Waals surface area contributed by atoms with Gasteiger partial charge in [0.1, 0.15) is 11.5 Å². The van der Waals surface area contributed by atoms with E-state index in [9.17, 15) is 4.79 Å². The van der Waals surface area contributed by atoms with Crippen LogP contribution in [0.15, 0.2) is 24.5 Å². The zero-order valence-corrected chi connectivity index (χ0v) is 16.8. The van der Waals surface area contributed by atoms with Gasteiger partial charge in [-0.3, -0.25) is 4.79 Å². The normalized spacial score (nSPS) is 13.3. The number of methoxy groups -OCH3 is 1. The van der Waals surface area contributed by atoms with Crippen LogP contribution in [0.5, 0.6) is 5.88 Å². The summed E-state index contributed by atoms with van der Waals surface area (Å²) in [5.41, 5.74) is 2.91. The van der Waals surface area contributed by atoms with Crippen molar-refractivity contribution >= 4 is 23.8 Å². The van der Waals surface area contributed by atoms with E-state index in [1.807, 2.05) is 25.1 Å². The van der Waals surface area contributed by atoms with Gasteiger partial charge in [0.15, 0.2) is 0 Å². The molecule has 0 saturated carbocycles. The summed E-state index contributed by atoms with van der Waals surface area (Å²) in [7, 11) is 1.57. The van der Waals surface area contributed by atoms with Crippen molar-refractivity contribution in [3.05, 3.63) is 46.6 Å². The summed E-state index contributed by atoms with van der Waals surface area (Å²) in [4.78, 5) is 23.5. The Morgan fingerprint density at radius 1 is 1.32 bits per heavy atom. The Hall–Kier alpha value is -2.74. The van der Waals surface area contributed by atoms with Crippen LogP contribution >= 0.6 is 11.6 Å². The first-order valence-electron chi connectivity index (χ1n) is 9.06. The fraction of sp³-hybridized carbons (Fsp3) is 0.421. The van der Waals surface area contributed by atoms with Crippen LogP contribution < -0.4 is 10.1 Å². The van der Waals surface area contributed by atoms with Gasteiger partial charge in [-0.05, 0) is 43.4 Å². The van der Waals surface area contributed by atoms with E-state index in [1.54, 1.807) is 11.6 Å². The average Bonchev–Trinajstić information content (AvgIpc) is 3.13. The Labute approximate surface area is 168 Å². The largest absolute Gasteiger partial charge is 0.481 e. The number of halogens is 1. The maximum Gasteiger partial charge on any atom is 0.252 e. The SMILES string of the molecule is COc1cc(CC(c2cc(C)nc3ncnn23)C(C)CCNC=O)cc(Cl)n1. The Bertz CT molecular complexity index is 961. The van der Waals surface area contributed by atoms with E-state index in [2.05, 4.69) is 32.3 Å². The minimum atomic E-state index is 0.0996. The van der Waals surface area contributed by atoms with Crippen molar-refractivity contribution in [1.29, 1.82) is 0 Å². The molecule has 3 aromatic rings. The molecule has 0 aliphatic rings. The average molecular weight is 403 g/mol. The third kappa shape index (κ3) is 4.56. The van der Waals surface area contributed by atoms with Crippen LogP contribution in [-0.4, -0.2) is 44.6 Å². The standard InChI is InChI=1S/C19H23ClN6O2/c1-12(4-5-21-11-27)15(7-14-8-17(20)25-18(9-14)28-3)16-6-13(2)24-19-22-10-23-26(16)19/h6,8-12,15H,4-5,7H2,1-3H3,(H,21,27). The molecule has 3 aromatic heterocycles. The third-order valence-electron chi connectivity index (χ3n) is 4.80. The number of fused-ring (bicyclic) bond motifs is 1. The second-order valence-electron chi connectivity index (χ2n) is 6.78. The number of nitrogens with one attached hydrogen (secondary N) is 1. The first-order valence-corrected chi connectivity index (χ1v) is 9.44. The highest BCUT2D eigenvalue weighted by Crippen LogP contribution is 2.32. The molecule has 1 N–H and O–H groups in total. The van der Waals surface area contributed by atoms with E-state index in [4.69, 9.17) is 16.3 Å². The minimum absolute atomic E-state index is 0.0996. The predicted molar refractivity (Wildman–Crippen MR) is 106 cm³/mol. The molecule has 0 bridgehead atoms. The van der Waals surface area contributed by atoms with Gasteiger partial charge in [-0.1, -0.05) is 18.5 Å². The number of rotatable bonds is 9. The lowest BCUT2D eigenvalue weighted by atomic mass is 9.83. The van der Waals surface area contributed by atoms with Crippen molar-refractivity contribution in [1.82, 2.24) is 29.9 Å². The molecule has 8 nitrogen and oxygen atoms in total. The van der Waals surface area contributed by atoms with E-state index >= 15 is 0 Å². The molecule has 2 atom stereocenters. The van der Waals surface area contributed by atoms with Crippen LogP contribution in [0.2, 0.25) is 5.15 Å². The number of carbonyl (C=O) groups excluding carboxylic acids is 1. The van der Waals surface area contributed by atoms with Gasteiger partial charge < -0.3 is 10.1 Å². The van der Waals surface area contributed by atoms with Gasteiger partial charge >= 0.3 is 0 Å².